The normalized spacial score (nSPS) is 15.8. The maximum atomic E-state index is 11.8. The van der Waals surface area contributed by atoms with E-state index in [0.29, 0.717) is 13.0 Å². The summed E-state index contributed by atoms with van der Waals surface area (Å²) in [5.74, 6) is -0.469. The molecule has 0 N–H and O–H groups in total. The van der Waals surface area contributed by atoms with Crippen molar-refractivity contribution in [2.75, 3.05) is 19.6 Å². The quantitative estimate of drug-likeness (QED) is 0.473. The lowest BCUT2D eigenvalue weighted by molar-refractivity contribution is -0.402. The summed E-state index contributed by atoms with van der Waals surface area (Å²) in [4.78, 5) is 23.8. The number of likely N-dealkylation sites (tertiary alicyclic amines) is 1. The zero-order valence-corrected chi connectivity index (χ0v) is 11.4. The van der Waals surface area contributed by atoms with E-state index in [1.807, 2.05) is 0 Å². The van der Waals surface area contributed by atoms with Crippen LogP contribution in [0.1, 0.15) is 36.2 Å². The highest BCUT2D eigenvalue weighted by molar-refractivity contribution is 5.93. The highest BCUT2D eigenvalue weighted by Gasteiger charge is 2.18. The number of carbonyl (C=O) groups excluding carboxylic acids is 1. The zero-order chi connectivity index (χ0) is 13.0. The third-order valence-electron chi connectivity index (χ3n) is 3.15. The van der Waals surface area contributed by atoms with Crippen molar-refractivity contribution < 1.29 is 14.1 Å². The van der Waals surface area contributed by atoms with E-state index >= 15 is 0 Å². The summed E-state index contributed by atoms with van der Waals surface area (Å²) in [7, 11) is 0. The Kier molecular flexibility index (Phi) is 5.98. The smallest absolute Gasteiger partial charge is 0.397 e. The van der Waals surface area contributed by atoms with E-state index in [1.165, 1.54) is 31.4 Å². The Labute approximate surface area is 117 Å². The molecule has 6 nitrogen and oxygen atoms in total. The Balaban J connectivity index is 0.00000180. The lowest BCUT2D eigenvalue weighted by atomic mass is 10.1. The van der Waals surface area contributed by atoms with Gasteiger partial charge in [-0.1, -0.05) is 6.42 Å². The molecule has 7 heteroatoms. The number of hydrogen-bond donors (Lipinski definition) is 0. The van der Waals surface area contributed by atoms with Crippen molar-refractivity contribution in [2.45, 2.75) is 25.7 Å². The Morgan fingerprint density at radius 2 is 2.00 bits per heavy atom. The monoisotopic (exact) mass is 288 g/mol. The number of carbonyl (C=O) groups is 1. The first kappa shape index (κ1) is 15.7. The average Bonchev–Trinajstić information content (AvgIpc) is 2.87. The largest absolute Gasteiger partial charge is 0.433 e. The first-order chi connectivity index (χ1) is 8.66. The van der Waals surface area contributed by atoms with Crippen molar-refractivity contribution in [3.8, 4) is 0 Å². The SMILES string of the molecule is Cl.O=C(CCN1CCCCC1)c1ccc([N+](=O)[O-])o1. The number of rotatable bonds is 5. The van der Waals surface area contributed by atoms with E-state index in [-0.39, 0.29) is 29.8 Å². The molecule has 1 aliphatic rings. The molecule has 0 saturated carbocycles. The number of nitrogens with zero attached hydrogens (tertiary/aromatic N) is 2. The molecule has 0 amide bonds. The molecule has 1 saturated heterocycles. The van der Waals surface area contributed by atoms with Gasteiger partial charge in [-0.2, -0.15) is 0 Å². The van der Waals surface area contributed by atoms with Crippen LogP contribution in [-0.2, 0) is 0 Å². The molecule has 1 fully saturated rings. The topological polar surface area (TPSA) is 76.6 Å². The van der Waals surface area contributed by atoms with Crippen molar-refractivity contribution in [3.63, 3.8) is 0 Å². The summed E-state index contributed by atoms with van der Waals surface area (Å²) in [6, 6.07) is 2.59. The minimum atomic E-state index is -0.637. The molecule has 1 aliphatic heterocycles. The summed E-state index contributed by atoms with van der Waals surface area (Å²) >= 11 is 0. The maximum Gasteiger partial charge on any atom is 0.433 e. The fourth-order valence-electron chi connectivity index (χ4n) is 2.14. The summed E-state index contributed by atoms with van der Waals surface area (Å²) in [6.07, 6.45) is 3.97. The van der Waals surface area contributed by atoms with Gasteiger partial charge in [0.1, 0.15) is 4.92 Å². The fraction of sp³-hybridized carbons (Fsp3) is 0.583. The molecule has 106 valence electrons. The minimum Gasteiger partial charge on any atom is -0.397 e. The second-order valence-corrected chi connectivity index (χ2v) is 4.47. The van der Waals surface area contributed by atoms with E-state index in [2.05, 4.69) is 4.90 Å². The number of piperidine rings is 1. The summed E-state index contributed by atoms with van der Waals surface area (Å²) in [5.41, 5.74) is 0. The van der Waals surface area contributed by atoms with Crippen molar-refractivity contribution in [2.24, 2.45) is 0 Å². The third-order valence-corrected chi connectivity index (χ3v) is 3.15. The maximum absolute atomic E-state index is 11.8. The first-order valence-electron chi connectivity index (χ1n) is 6.16. The van der Waals surface area contributed by atoms with Gasteiger partial charge in [0.25, 0.3) is 0 Å². The highest BCUT2D eigenvalue weighted by Crippen LogP contribution is 2.17. The molecule has 0 aliphatic carbocycles. The van der Waals surface area contributed by atoms with E-state index in [9.17, 15) is 14.9 Å². The molecule has 19 heavy (non-hydrogen) atoms. The number of nitro groups is 1. The van der Waals surface area contributed by atoms with E-state index in [1.54, 1.807) is 0 Å². The standard InChI is InChI=1S/C12H16N2O4.ClH/c15-10(6-9-13-7-2-1-3-8-13)11-4-5-12(18-11)14(16)17;/h4-5H,1-3,6-9H2;1H. The Bertz CT molecular complexity index is 441. The fourth-order valence-corrected chi connectivity index (χ4v) is 2.14. The van der Waals surface area contributed by atoms with Crippen molar-refractivity contribution >= 4 is 24.1 Å². The molecule has 0 unspecified atom stereocenters. The number of hydrogen-bond acceptors (Lipinski definition) is 5. The Morgan fingerprint density at radius 1 is 1.32 bits per heavy atom. The predicted octanol–water partition coefficient (Wildman–Crippen LogP) is 2.67. The van der Waals surface area contributed by atoms with Gasteiger partial charge in [-0.05, 0) is 32.0 Å². The van der Waals surface area contributed by atoms with Crippen LogP contribution in [0.2, 0.25) is 0 Å². The van der Waals surface area contributed by atoms with Gasteiger partial charge in [-0.25, -0.2) is 0 Å². The van der Waals surface area contributed by atoms with E-state index in [0.717, 1.165) is 13.1 Å². The second kappa shape index (κ2) is 7.25. The van der Waals surface area contributed by atoms with Crippen LogP contribution in [0.25, 0.3) is 0 Å². The van der Waals surface area contributed by atoms with Crippen LogP contribution in [0.5, 0.6) is 0 Å². The van der Waals surface area contributed by atoms with Crippen molar-refractivity contribution in [1.82, 2.24) is 4.90 Å². The molecular formula is C12H17ClN2O4. The molecule has 2 heterocycles. The lowest BCUT2D eigenvalue weighted by Crippen LogP contribution is -2.31. The van der Waals surface area contributed by atoms with E-state index in [4.69, 9.17) is 4.42 Å². The van der Waals surface area contributed by atoms with Crippen LogP contribution in [0.15, 0.2) is 16.5 Å². The summed E-state index contributed by atoms with van der Waals surface area (Å²) in [6.45, 7) is 2.77. The zero-order valence-electron chi connectivity index (χ0n) is 10.5. The second-order valence-electron chi connectivity index (χ2n) is 4.47. The van der Waals surface area contributed by atoms with Gasteiger partial charge in [0.15, 0.2) is 11.5 Å². The first-order valence-corrected chi connectivity index (χ1v) is 6.16. The summed E-state index contributed by atoms with van der Waals surface area (Å²) in [5, 5.41) is 10.4. The van der Waals surface area contributed by atoms with Crippen LogP contribution in [-0.4, -0.2) is 35.2 Å². The van der Waals surface area contributed by atoms with Crippen LogP contribution in [0, 0.1) is 10.1 Å². The van der Waals surface area contributed by atoms with E-state index < -0.39 is 4.92 Å². The van der Waals surface area contributed by atoms with Crippen LogP contribution < -0.4 is 0 Å². The van der Waals surface area contributed by atoms with Gasteiger partial charge in [0, 0.05) is 13.0 Å². The van der Waals surface area contributed by atoms with Gasteiger partial charge >= 0.3 is 5.88 Å². The highest BCUT2D eigenvalue weighted by atomic mass is 35.5. The number of halogens is 1. The van der Waals surface area contributed by atoms with Crippen molar-refractivity contribution in [3.05, 3.63) is 28.0 Å². The van der Waals surface area contributed by atoms with Gasteiger partial charge in [0.05, 0.1) is 6.07 Å². The molecule has 1 aromatic heterocycles. The molecule has 0 atom stereocenters. The minimum absolute atomic E-state index is 0. The molecule has 1 aromatic rings. The van der Waals surface area contributed by atoms with Crippen molar-refractivity contribution in [1.29, 1.82) is 0 Å². The molecule has 0 aromatic carbocycles. The van der Waals surface area contributed by atoms with Gasteiger partial charge in [-0.15, -0.1) is 12.4 Å². The summed E-state index contributed by atoms with van der Waals surface area (Å²) < 4.78 is 4.88. The van der Waals surface area contributed by atoms with Crippen LogP contribution in [0.4, 0.5) is 5.88 Å². The Morgan fingerprint density at radius 3 is 2.58 bits per heavy atom. The predicted molar refractivity (Wildman–Crippen MR) is 71.8 cm³/mol. The van der Waals surface area contributed by atoms with Crippen LogP contribution >= 0.6 is 12.4 Å². The lowest BCUT2D eigenvalue weighted by Gasteiger charge is -2.25. The third kappa shape index (κ3) is 4.33. The number of ketones is 1. The molecular weight excluding hydrogens is 272 g/mol. The number of Topliss-reactive ketones (excluding diaryl/α,β-unsaturated/α-hetero) is 1. The average molecular weight is 289 g/mol. The molecule has 0 bridgehead atoms. The van der Waals surface area contributed by atoms with Gasteiger partial charge < -0.3 is 9.32 Å². The molecule has 0 spiro atoms. The number of furan rings is 1. The molecule has 2 rings (SSSR count). The van der Waals surface area contributed by atoms with Crippen LogP contribution in [0.3, 0.4) is 0 Å². The molecule has 0 radical (unpaired) electrons. The van der Waals surface area contributed by atoms with Gasteiger partial charge in [0.2, 0.25) is 0 Å². The Hall–Kier alpha value is -1.40. The van der Waals surface area contributed by atoms with Gasteiger partial charge in [-0.3, -0.25) is 14.9 Å².